The molecule has 0 saturated carbocycles. The van der Waals surface area contributed by atoms with Gasteiger partial charge >= 0.3 is 0 Å². The number of nitrogens with zero attached hydrogens (tertiary/aromatic N) is 1. The predicted molar refractivity (Wildman–Crippen MR) is 153 cm³/mol. The lowest BCUT2D eigenvalue weighted by molar-refractivity contribution is 0.286. The van der Waals surface area contributed by atoms with Crippen LogP contribution in [-0.4, -0.2) is 26.0 Å². The summed E-state index contributed by atoms with van der Waals surface area (Å²) in [7, 11) is -2.48. The van der Waals surface area contributed by atoms with Crippen molar-refractivity contribution in [1.29, 1.82) is 0 Å². The van der Waals surface area contributed by atoms with Crippen LogP contribution in [0.25, 0.3) is 10.9 Å². The maximum absolute atomic E-state index is 7.04. The van der Waals surface area contributed by atoms with E-state index in [1.165, 1.54) is 10.4 Å². The minimum atomic E-state index is -2.48. The lowest BCUT2D eigenvalue weighted by atomic mass is 10.1. The van der Waals surface area contributed by atoms with Crippen LogP contribution in [0.5, 0.6) is 0 Å². The zero-order chi connectivity index (χ0) is 24.9. The SMILES string of the molecule is CC(CCCO[Si](c1ccccc1)(c1ccccc1)C(C)(C)C)Nc1ccnc2cc(Cl)ccc12. The molecule has 0 aliphatic carbocycles. The third-order valence-electron chi connectivity index (χ3n) is 6.62. The lowest BCUT2D eigenvalue weighted by Gasteiger charge is -2.43. The standard InChI is InChI=1S/C30H35ClN2OSi/c1-23(33-28-19-20-32-29-22-24(31)17-18-27(28)29)12-11-21-34-35(30(2,3)4,25-13-7-5-8-14-25)26-15-9-6-10-16-26/h5-10,13-20,22-23H,11-12,21H2,1-4H3,(H,32,33). The number of halogens is 1. The van der Waals surface area contributed by atoms with E-state index in [2.05, 4.69) is 98.7 Å². The van der Waals surface area contributed by atoms with Crippen LogP contribution in [0, 0.1) is 0 Å². The van der Waals surface area contributed by atoms with Crippen LogP contribution in [0.3, 0.4) is 0 Å². The Kier molecular flexibility index (Phi) is 7.95. The Hall–Kier alpha value is -2.66. The highest BCUT2D eigenvalue weighted by Gasteiger charge is 2.49. The van der Waals surface area contributed by atoms with Crippen molar-refractivity contribution in [2.45, 2.75) is 51.6 Å². The molecule has 0 fully saturated rings. The maximum atomic E-state index is 7.04. The van der Waals surface area contributed by atoms with Crippen molar-refractivity contribution in [1.82, 2.24) is 4.98 Å². The van der Waals surface area contributed by atoms with Crippen LogP contribution in [0.1, 0.15) is 40.5 Å². The number of nitrogens with one attached hydrogen (secondary N) is 1. The van der Waals surface area contributed by atoms with E-state index in [9.17, 15) is 0 Å². The molecule has 35 heavy (non-hydrogen) atoms. The molecule has 5 heteroatoms. The van der Waals surface area contributed by atoms with E-state index in [-0.39, 0.29) is 5.04 Å². The first-order valence-corrected chi connectivity index (χ1v) is 14.7. The summed E-state index contributed by atoms with van der Waals surface area (Å²) in [5, 5.41) is 8.11. The molecule has 1 heterocycles. The molecule has 0 aliphatic rings. The van der Waals surface area contributed by atoms with Crippen LogP contribution in [-0.2, 0) is 4.43 Å². The van der Waals surface area contributed by atoms with Crippen molar-refractivity contribution in [2.75, 3.05) is 11.9 Å². The Bertz CT molecular complexity index is 1200. The number of fused-ring (bicyclic) bond motifs is 1. The monoisotopic (exact) mass is 502 g/mol. The number of benzene rings is 3. The summed E-state index contributed by atoms with van der Waals surface area (Å²) in [6.07, 6.45) is 3.82. The van der Waals surface area contributed by atoms with E-state index in [4.69, 9.17) is 16.0 Å². The zero-order valence-electron chi connectivity index (χ0n) is 21.1. The maximum Gasteiger partial charge on any atom is 0.261 e. The number of rotatable bonds is 9. The average Bonchev–Trinajstić information content (AvgIpc) is 2.84. The quantitative estimate of drug-likeness (QED) is 0.197. The first-order chi connectivity index (χ1) is 16.8. The van der Waals surface area contributed by atoms with Crippen molar-refractivity contribution in [2.24, 2.45) is 0 Å². The van der Waals surface area contributed by atoms with Crippen molar-refractivity contribution in [3.05, 3.63) is 96.1 Å². The zero-order valence-corrected chi connectivity index (χ0v) is 22.8. The molecule has 0 saturated heterocycles. The van der Waals surface area contributed by atoms with Crippen LogP contribution in [0.15, 0.2) is 91.1 Å². The van der Waals surface area contributed by atoms with Gasteiger partial charge in [0.25, 0.3) is 8.32 Å². The van der Waals surface area contributed by atoms with Crippen molar-refractivity contribution in [3.63, 3.8) is 0 Å². The van der Waals surface area contributed by atoms with E-state index in [1.54, 1.807) is 0 Å². The summed E-state index contributed by atoms with van der Waals surface area (Å²) in [5.74, 6) is 0. The number of hydrogen-bond acceptors (Lipinski definition) is 3. The minimum Gasteiger partial charge on any atom is -0.407 e. The molecule has 0 bridgehead atoms. The van der Waals surface area contributed by atoms with E-state index < -0.39 is 8.32 Å². The normalized spacial score (nSPS) is 13.1. The van der Waals surface area contributed by atoms with Gasteiger partial charge < -0.3 is 9.74 Å². The summed E-state index contributed by atoms with van der Waals surface area (Å²) >= 11 is 6.15. The Balaban J connectivity index is 1.48. The molecule has 1 N–H and O–H groups in total. The molecule has 4 rings (SSSR count). The fraction of sp³-hybridized carbons (Fsp3) is 0.300. The average molecular weight is 503 g/mol. The smallest absolute Gasteiger partial charge is 0.261 e. The molecule has 1 atom stereocenters. The Morgan fingerprint density at radius 1 is 0.914 bits per heavy atom. The molecule has 0 amide bonds. The molecule has 3 nitrogen and oxygen atoms in total. The van der Waals surface area contributed by atoms with E-state index in [1.807, 2.05) is 30.5 Å². The highest BCUT2D eigenvalue weighted by Crippen LogP contribution is 2.37. The van der Waals surface area contributed by atoms with Crippen molar-refractivity contribution < 1.29 is 4.43 Å². The summed E-state index contributed by atoms with van der Waals surface area (Å²) in [4.78, 5) is 4.45. The second kappa shape index (κ2) is 10.9. The second-order valence-electron chi connectivity index (χ2n) is 10.2. The molecule has 182 valence electrons. The van der Waals surface area contributed by atoms with Gasteiger partial charge in [0.05, 0.1) is 5.52 Å². The van der Waals surface area contributed by atoms with Gasteiger partial charge in [-0.25, -0.2) is 0 Å². The van der Waals surface area contributed by atoms with E-state index in [0.29, 0.717) is 11.1 Å². The van der Waals surface area contributed by atoms with E-state index in [0.717, 1.165) is 36.0 Å². The fourth-order valence-electron chi connectivity index (χ4n) is 4.96. The van der Waals surface area contributed by atoms with Crippen molar-refractivity contribution in [3.8, 4) is 0 Å². The molecule has 0 spiro atoms. The first kappa shape index (κ1) is 25.4. The van der Waals surface area contributed by atoms with Crippen LogP contribution >= 0.6 is 11.6 Å². The largest absolute Gasteiger partial charge is 0.407 e. The number of hydrogen-bond donors (Lipinski definition) is 1. The minimum absolute atomic E-state index is 0.00317. The van der Waals surface area contributed by atoms with Gasteiger partial charge in [-0.2, -0.15) is 0 Å². The predicted octanol–water partition coefficient (Wildman–Crippen LogP) is 7.05. The topological polar surface area (TPSA) is 34.1 Å². The van der Waals surface area contributed by atoms with Gasteiger partial charge in [0.15, 0.2) is 0 Å². The van der Waals surface area contributed by atoms with Gasteiger partial charge in [-0.15, -0.1) is 0 Å². The summed E-state index contributed by atoms with van der Waals surface area (Å²) in [6.45, 7) is 9.93. The molecule has 0 radical (unpaired) electrons. The van der Waals surface area contributed by atoms with Gasteiger partial charge in [0.2, 0.25) is 0 Å². The van der Waals surface area contributed by atoms with Gasteiger partial charge in [-0.3, -0.25) is 4.98 Å². The Morgan fingerprint density at radius 3 is 2.14 bits per heavy atom. The molecule has 1 aromatic heterocycles. The summed E-state index contributed by atoms with van der Waals surface area (Å²) < 4.78 is 7.04. The van der Waals surface area contributed by atoms with E-state index >= 15 is 0 Å². The molecular weight excluding hydrogens is 468 g/mol. The molecule has 3 aromatic carbocycles. The fourth-order valence-corrected chi connectivity index (χ4v) is 9.73. The molecular formula is C30H35ClN2OSi. The summed E-state index contributed by atoms with van der Waals surface area (Å²) in [5.41, 5.74) is 2.00. The number of pyridine rings is 1. The second-order valence-corrected chi connectivity index (χ2v) is 15.0. The van der Waals surface area contributed by atoms with Gasteiger partial charge in [-0.1, -0.05) is 93.0 Å². The van der Waals surface area contributed by atoms with Gasteiger partial charge in [0, 0.05) is 34.9 Å². The number of aromatic nitrogens is 1. The number of anilines is 1. The summed E-state index contributed by atoms with van der Waals surface area (Å²) in [6, 6.07) is 29.9. The Morgan fingerprint density at radius 2 is 1.54 bits per heavy atom. The molecule has 1 unspecified atom stereocenters. The highest BCUT2D eigenvalue weighted by atomic mass is 35.5. The van der Waals surface area contributed by atoms with Crippen LogP contribution in [0.2, 0.25) is 10.1 Å². The van der Waals surface area contributed by atoms with Gasteiger partial charge in [0.1, 0.15) is 0 Å². The molecule has 4 aromatic rings. The third-order valence-corrected chi connectivity index (χ3v) is 11.9. The third kappa shape index (κ3) is 5.61. The van der Waals surface area contributed by atoms with Crippen molar-refractivity contribution >= 4 is 46.9 Å². The van der Waals surface area contributed by atoms with Crippen LogP contribution < -0.4 is 15.7 Å². The highest BCUT2D eigenvalue weighted by molar-refractivity contribution is 6.99. The Labute approximate surface area is 215 Å². The first-order valence-electron chi connectivity index (χ1n) is 12.4. The lowest BCUT2D eigenvalue weighted by Crippen LogP contribution is -2.66. The molecule has 0 aliphatic heterocycles. The van der Waals surface area contributed by atoms with Gasteiger partial charge in [-0.05, 0) is 59.4 Å². The van der Waals surface area contributed by atoms with Crippen LogP contribution in [0.4, 0.5) is 5.69 Å².